The Balaban J connectivity index is 1.65. The summed E-state index contributed by atoms with van der Waals surface area (Å²) in [5.41, 5.74) is 2.90. The van der Waals surface area contributed by atoms with Crippen LogP contribution in [0.2, 0.25) is 5.02 Å². The molecule has 2 aromatic carbocycles. The zero-order valence-corrected chi connectivity index (χ0v) is 15.1. The Bertz CT molecular complexity index is 829. The Morgan fingerprint density at radius 2 is 1.80 bits per heavy atom. The average Bonchev–Trinajstić information content (AvgIpc) is 3.11. The van der Waals surface area contributed by atoms with Gasteiger partial charge in [0, 0.05) is 16.6 Å². The minimum absolute atomic E-state index is 0.0937. The van der Waals surface area contributed by atoms with Crippen LogP contribution in [0.3, 0.4) is 0 Å². The molecule has 0 saturated heterocycles. The highest BCUT2D eigenvalue weighted by atomic mass is 35.5. The van der Waals surface area contributed by atoms with Crippen molar-refractivity contribution in [3.8, 4) is 11.3 Å². The van der Waals surface area contributed by atoms with Crippen LogP contribution < -0.4 is 5.32 Å². The second-order valence-corrected chi connectivity index (χ2v) is 6.61. The summed E-state index contributed by atoms with van der Waals surface area (Å²) in [4.78, 5) is 0. The van der Waals surface area contributed by atoms with Crippen molar-refractivity contribution < 1.29 is 9.52 Å². The molecule has 130 valence electrons. The van der Waals surface area contributed by atoms with E-state index in [9.17, 15) is 5.11 Å². The van der Waals surface area contributed by atoms with Crippen LogP contribution in [0.4, 0.5) is 0 Å². The summed E-state index contributed by atoms with van der Waals surface area (Å²) in [7, 11) is 0. The molecule has 0 aliphatic rings. The monoisotopic (exact) mass is 355 g/mol. The lowest BCUT2D eigenvalue weighted by atomic mass is 10.0. The van der Waals surface area contributed by atoms with Crippen molar-refractivity contribution in [3.05, 3.63) is 82.6 Å². The van der Waals surface area contributed by atoms with Crippen LogP contribution in [0.15, 0.2) is 65.1 Å². The van der Waals surface area contributed by atoms with Crippen molar-refractivity contribution in [2.75, 3.05) is 0 Å². The molecule has 3 aromatic rings. The van der Waals surface area contributed by atoms with Gasteiger partial charge in [-0.25, -0.2) is 0 Å². The summed E-state index contributed by atoms with van der Waals surface area (Å²) in [6.07, 6.45) is -0.564. The highest BCUT2D eigenvalue weighted by Crippen LogP contribution is 2.29. The number of furan rings is 1. The summed E-state index contributed by atoms with van der Waals surface area (Å²) in [5, 5.41) is 14.5. The van der Waals surface area contributed by atoms with Crippen molar-refractivity contribution in [1.82, 2.24) is 5.32 Å². The van der Waals surface area contributed by atoms with E-state index in [0.29, 0.717) is 6.54 Å². The van der Waals surface area contributed by atoms with Gasteiger partial charge in [-0.15, -0.1) is 0 Å². The number of nitrogens with one attached hydrogen (secondary N) is 1. The van der Waals surface area contributed by atoms with Gasteiger partial charge in [-0.2, -0.15) is 0 Å². The van der Waals surface area contributed by atoms with Gasteiger partial charge in [0.1, 0.15) is 11.5 Å². The number of hydrogen-bond acceptors (Lipinski definition) is 3. The van der Waals surface area contributed by atoms with Crippen molar-refractivity contribution in [2.45, 2.75) is 32.5 Å². The first kappa shape index (κ1) is 17.7. The first-order chi connectivity index (χ1) is 12.1. The van der Waals surface area contributed by atoms with E-state index in [1.807, 2.05) is 74.5 Å². The molecule has 0 radical (unpaired) electrons. The predicted molar refractivity (Wildman–Crippen MR) is 102 cm³/mol. The van der Waals surface area contributed by atoms with Crippen LogP contribution in [-0.2, 0) is 6.54 Å². The maximum absolute atomic E-state index is 10.4. The lowest BCUT2D eigenvalue weighted by Crippen LogP contribution is -2.31. The third-order valence-electron chi connectivity index (χ3n) is 4.41. The minimum Gasteiger partial charge on any atom is -0.460 e. The molecule has 25 heavy (non-hydrogen) atoms. The molecule has 1 aromatic heterocycles. The van der Waals surface area contributed by atoms with Crippen LogP contribution >= 0.6 is 11.6 Å². The molecular weight excluding hydrogens is 334 g/mol. The van der Waals surface area contributed by atoms with E-state index in [4.69, 9.17) is 16.0 Å². The van der Waals surface area contributed by atoms with E-state index < -0.39 is 6.10 Å². The number of hydrogen-bond donors (Lipinski definition) is 2. The van der Waals surface area contributed by atoms with Gasteiger partial charge in [-0.05, 0) is 43.2 Å². The van der Waals surface area contributed by atoms with E-state index in [-0.39, 0.29) is 6.04 Å². The van der Waals surface area contributed by atoms with Gasteiger partial charge in [-0.1, -0.05) is 54.1 Å². The van der Waals surface area contributed by atoms with Crippen LogP contribution in [0, 0.1) is 6.92 Å². The van der Waals surface area contributed by atoms with E-state index in [1.54, 1.807) is 0 Å². The van der Waals surface area contributed by atoms with Crippen LogP contribution in [0.25, 0.3) is 11.3 Å². The quantitative estimate of drug-likeness (QED) is 0.645. The molecule has 1 heterocycles. The van der Waals surface area contributed by atoms with Crippen molar-refractivity contribution in [2.24, 2.45) is 0 Å². The second kappa shape index (κ2) is 7.87. The first-order valence-electron chi connectivity index (χ1n) is 8.37. The van der Waals surface area contributed by atoms with E-state index in [1.165, 1.54) is 0 Å². The van der Waals surface area contributed by atoms with Crippen LogP contribution in [0.5, 0.6) is 0 Å². The Labute approximate surface area is 153 Å². The highest BCUT2D eigenvalue weighted by Gasteiger charge is 2.16. The van der Waals surface area contributed by atoms with Gasteiger partial charge < -0.3 is 14.8 Å². The lowest BCUT2D eigenvalue weighted by molar-refractivity contribution is 0.134. The Hall–Kier alpha value is -2.07. The van der Waals surface area contributed by atoms with Gasteiger partial charge >= 0.3 is 0 Å². The van der Waals surface area contributed by atoms with Crippen molar-refractivity contribution in [3.63, 3.8) is 0 Å². The molecule has 2 N–H and O–H groups in total. The van der Waals surface area contributed by atoms with Crippen molar-refractivity contribution in [1.29, 1.82) is 0 Å². The van der Waals surface area contributed by atoms with Gasteiger partial charge in [-0.3, -0.25) is 0 Å². The highest BCUT2D eigenvalue weighted by molar-refractivity contribution is 6.31. The minimum atomic E-state index is -0.564. The number of rotatable bonds is 6. The zero-order chi connectivity index (χ0) is 17.8. The molecular formula is C21H22ClNO2. The molecule has 0 saturated carbocycles. The van der Waals surface area contributed by atoms with E-state index >= 15 is 0 Å². The second-order valence-electron chi connectivity index (χ2n) is 6.20. The molecule has 0 aliphatic heterocycles. The van der Waals surface area contributed by atoms with Crippen molar-refractivity contribution >= 4 is 11.6 Å². The van der Waals surface area contributed by atoms with Gasteiger partial charge in [0.25, 0.3) is 0 Å². The molecule has 3 nitrogen and oxygen atoms in total. The molecule has 2 atom stereocenters. The molecule has 0 spiro atoms. The largest absolute Gasteiger partial charge is 0.460 e. The maximum Gasteiger partial charge on any atom is 0.134 e. The van der Waals surface area contributed by atoms with Gasteiger partial charge in [0.05, 0.1) is 12.6 Å². The topological polar surface area (TPSA) is 45.4 Å². The number of halogens is 1. The van der Waals surface area contributed by atoms with Gasteiger partial charge in [0.2, 0.25) is 0 Å². The first-order valence-corrected chi connectivity index (χ1v) is 8.74. The number of aliphatic hydroxyl groups excluding tert-OH is 1. The molecule has 0 fully saturated rings. The molecule has 0 amide bonds. The summed E-state index contributed by atoms with van der Waals surface area (Å²) in [5.74, 6) is 1.62. The molecule has 0 unspecified atom stereocenters. The fourth-order valence-corrected chi connectivity index (χ4v) is 2.98. The number of benzene rings is 2. The third kappa shape index (κ3) is 4.13. The maximum atomic E-state index is 10.4. The zero-order valence-electron chi connectivity index (χ0n) is 14.4. The van der Waals surface area contributed by atoms with E-state index in [2.05, 4.69) is 5.32 Å². The summed E-state index contributed by atoms with van der Waals surface area (Å²) < 4.78 is 5.94. The van der Waals surface area contributed by atoms with Crippen LogP contribution in [-0.4, -0.2) is 11.1 Å². The lowest BCUT2D eigenvalue weighted by Gasteiger charge is -2.20. The molecule has 0 aliphatic carbocycles. The smallest absolute Gasteiger partial charge is 0.134 e. The number of aliphatic hydroxyl groups is 1. The fraction of sp³-hybridized carbons (Fsp3) is 0.238. The fourth-order valence-electron chi connectivity index (χ4n) is 2.80. The Kier molecular flexibility index (Phi) is 5.59. The Morgan fingerprint density at radius 3 is 2.56 bits per heavy atom. The third-order valence-corrected chi connectivity index (χ3v) is 4.82. The normalized spacial score (nSPS) is 13.6. The van der Waals surface area contributed by atoms with Crippen LogP contribution in [0.1, 0.15) is 29.9 Å². The molecule has 4 heteroatoms. The SMILES string of the molecule is Cc1c(Cl)cccc1-c1ccc(CN[C@@H](C)[C@@H](O)c2ccccc2)o1. The van der Waals surface area contributed by atoms with Gasteiger partial charge in [0.15, 0.2) is 0 Å². The standard InChI is InChI=1S/C21H22ClNO2/c1-14-18(9-6-10-19(14)22)20-12-11-17(25-20)13-23-15(2)21(24)16-7-4-3-5-8-16/h3-12,15,21,23-24H,13H2,1-2H3/t15-,21+/m0/s1. The summed E-state index contributed by atoms with van der Waals surface area (Å²) >= 11 is 6.18. The van der Waals surface area contributed by atoms with E-state index in [0.717, 1.165) is 33.2 Å². The Morgan fingerprint density at radius 1 is 1.04 bits per heavy atom. The average molecular weight is 356 g/mol. The summed E-state index contributed by atoms with van der Waals surface area (Å²) in [6, 6.07) is 19.2. The summed E-state index contributed by atoms with van der Waals surface area (Å²) in [6.45, 7) is 4.49. The molecule has 0 bridgehead atoms. The molecule has 3 rings (SSSR count). The predicted octanol–water partition coefficient (Wildman–Crippen LogP) is 5.12.